The molecular weight excluding hydrogens is 787 g/mol. The van der Waals surface area contributed by atoms with Crippen molar-refractivity contribution in [3.05, 3.63) is 221 Å². The van der Waals surface area contributed by atoms with Crippen LogP contribution in [0.1, 0.15) is 74.9 Å². The van der Waals surface area contributed by atoms with E-state index in [9.17, 15) is 0 Å². The number of anilines is 3. The highest BCUT2D eigenvalue weighted by molar-refractivity contribution is 6.16. The first-order chi connectivity index (χ1) is 31.5. The third-order valence-corrected chi connectivity index (χ3v) is 15.5. The topological polar surface area (TPSA) is 16.4 Å². The third kappa shape index (κ3) is 5.29. The van der Waals surface area contributed by atoms with E-state index in [0.29, 0.717) is 0 Å². The average Bonchev–Trinajstić information content (AvgIpc) is 3.97. The highest BCUT2D eigenvalue weighted by Crippen LogP contribution is 2.55. The van der Waals surface area contributed by atoms with Gasteiger partial charge in [-0.25, -0.2) is 0 Å². The molecule has 65 heavy (non-hydrogen) atoms. The van der Waals surface area contributed by atoms with Crippen molar-refractivity contribution in [3.63, 3.8) is 0 Å². The van der Waals surface area contributed by atoms with Crippen molar-refractivity contribution in [3.8, 4) is 55.6 Å². The Morgan fingerprint density at radius 1 is 0.323 bits per heavy atom. The molecule has 0 saturated heterocycles. The van der Waals surface area contributed by atoms with Crippen LogP contribution in [0.15, 0.2) is 192 Å². The molecule has 3 aliphatic rings. The van der Waals surface area contributed by atoms with Crippen LogP contribution < -0.4 is 4.90 Å². The Balaban J connectivity index is 1.04. The minimum atomic E-state index is -0.154. The molecule has 0 bridgehead atoms. The van der Waals surface area contributed by atoms with Crippen LogP contribution in [0.2, 0.25) is 0 Å². The van der Waals surface area contributed by atoms with E-state index in [1.54, 1.807) is 0 Å². The van der Waals surface area contributed by atoms with Gasteiger partial charge < -0.3 is 9.32 Å². The van der Waals surface area contributed by atoms with Crippen molar-refractivity contribution in [1.29, 1.82) is 0 Å². The molecule has 3 aliphatic carbocycles. The molecule has 0 saturated carbocycles. The second kappa shape index (κ2) is 13.3. The van der Waals surface area contributed by atoms with Crippen LogP contribution in [0.3, 0.4) is 0 Å². The number of benzene rings is 9. The third-order valence-electron chi connectivity index (χ3n) is 15.5. The fourth-order valence-electron chi connectivity index (χ4n) is 12.1. The molecule has 0 atom stereocenters. The van der Waals surface area contributed by atoms with Crippen LogP contribution in [-0.2, 0) is 16.2 Å². The van der Waals surface area contributed by atoms with Crippen LogP contribution in [0.4, 0.5) is 17.1 Å². The Morgan fingerprint density at radius 3 is 1.51 bits per heavy atom. The number of furan rings is 1. The van der Waals surface area contributed by atoms with Crippen LogP contribution in [0, 0.1) is 0 Å². The normalized spacial score (nSPS) is 15.3. The first-order valence-electron chi connectivity index (χ1n) is 23.1. The minimum Gasteiger partial charge on any atom is -0.456 e. The molecular formula is C63H49NO. The predicted octanol–water partition coefficient (Wildman–Crippen LogP) is 17.3. The minimum absolute atomic E-state index is 0.0968. The molecule has 1 aromatic heterocycles. The molecule has 13 rings (SSSR count). The van der Waals surface area contributed by atoms with Crippen molar-refractivity contribution >= 4 is 39.0 Å². The van der Waals surface area contributed by atoms with Gasteiger partial charge in [-0.05, 0) is 144 Å². The van der Waals surface area contributed by atoms with Gasteiger partial charge >= 0.3 is 0 Å². The van der Waals surface area contributed by atoms with Crippen molar-refractivity contribution < 1.29 is 4.42 Å². The van der Waals surface area contributed by atoms with E-state index in [4.69, 9.17) is 4.42 Å². The van der Waals surface area contributed by atoms with E-state index in [2.05, 4.69) is 234 Å². The lowest BCUT2D eigenvalue weighted by atomic mass is 9.81. The highest BCUT2D eigenvalue weighted by Gasteiger charge is 2.39. The number of rotatable bonds is 5. The SMILES string of the molecule is CC1(C)c2ccccc2-c2ccc(-c3ccc(N(c4ccc5c(c4)C(C)(C)c4ccccc4-5)c4ccc5oc6ccc7c(c6c5c4)-c4ccccc4C7(C)C)cc3-c3ccccc3)cc21. The van der Waals surface area contributed by atoms with E-state index in [1.807, 2.05) is 0 Å². The molecule has 0 aliphatic heterocycles. The summed E-state index contributed by atoms with van der Waals surface area (Å²) in [5, 5.41) is 2.31. The van der Waals surface area contributed by atoms with Gasteiger partial charge in [0.25, 0.3) is 0 Å². The molecule has 312 valence electrons. The maximum atomic E-state index is 6.72. The van der Waals surface area contributed by atoms with Gasteiger partial charge in [-0.2, -0.15) is 0 Å². The first-order valence-corrected chi connectivity index (χ1v) is 23.1. The van der Waals surface area contributed by atoms with Gasteiger partial charge in [0.05, 0.1) is 0 Å². The van der Waals surface area contributed by atoms with Gasteiger partial charge in [-0.15, -0.1) is 0 Å². The summed E-state index contributed by atoms with van der Waals surface area (Å²) < 4.78 is 6.72. The molecule has 9 aromatic carbocycles. The lowest BCUT2D eigenvalue weighted by Crippen LogP contribution is -2.16. The molecule has 0 spiro atoms. The molecule has 0 amide bonds. The number of nitrogens with zero attached hydrogens (tertiary/aromatic N) is 1. The summed E-state index contributed by atoms with van der Waals surface area (Å²) in [4.78, 5) is 2.47. The van der Waals surface area contributed by atoms with E-state index in [0.717, 1.165) is 33.6 Å². The van der Waals surface area contributed by atoms with Gasteiger partial charge in [0.1, 0.15) is 11.2 Å². The van der Waals surface area contributed by atoms with Crippen molar-refractivity contribution in [2.45, 2.75) is 57.8 Å². The Kier molecular flexibility index (Phi) is 7.80. The van der Waals surface area contributed by atoms with Crippen molar-refractivity contribution in [2.24, 2.45) is 0 Å². The Labute approximate surface area is 381 Å². The molecule has 0 unspecified atom stereocenters. The molecule has 10 aromatic rings. The van der Waals surface area contributed by atoms with E-state index < -0.39 is 0 Å². The zero-order chi connectivity index (χ0) is 44.0. The number of hydrogen-bond donors (Lipinski definition) is 0. The van der Waals surface area contributed by atoms with Crippen molar-refractivity contribution in [2.75, 3.05) is 4.90 Å². The smallest absolute Gasteiger partial charge is 0.136 e. The van der Waals surface area contributed by atoms with Gasteiger partial charge in [-0.1, -0.05) is 175 Å². The summed E-state index contributed by atoms with van der Waals surface area (Å²) >= 11 is 0. The highest BCUT2D eigenvalue weighted by atomic mass is 16.3. The standard InChI is InChI=1S/C63H49NO/c1-61(2)53-23-15-12-20-48(53)59-54(61)31-33-58-60(59)50-36-41(27-32-57(50)65-58)64(42-26-30-47-45-19-11-14-22-52(45)63(5,6)56(47)37-42)40-25-29-43(49(35-40)38-16-8-7-9-17-38)39-24-28-46-44-18-10-13-21-51(44)62(3,4)55(46)34-39/h7-37H,1-6H3. The summed E-state index contributed by atoms with van der Waals surface area (Å²) in [6.45, 7) is 14.2. The summed E-state index contributed by atoms with van der Waals surface area (Å²) in [6.07, 6.45) is 0. The lowest BCUT2D eigenvalue weighted by Gasteiger charge is -2.29. The quantitative estimate of drug-likeness (QED) is 0.172. The fourth-order valence-corrected chi connectivity index (χ4v) is 12.1. The van der Waals surface area contributed by atoms with E-state index in [-0.39, 0.29) is 16.2 Å². The van der Waals surface area contributed by atoms with Crippen LogP contribution in [0.5, 0.6) is 0 Å². The summed E-state index contributed by atoms with van der Waals surface area (Å²) in [7, 11) is 0. The van der Waals surface area contributed by atoms with Gasteiger partial charge in [-0.3, -0.25) is 0 Å². The summed E-state index contributed by atoms with van der Waals surface area (Å²) in [6, 6.07) is 70.2. The van der Waals surface area contributed by atoms with E-state index in [1.165, 1.54) is 94.4 Å². The molecule has 2 nitrogen and oxygen atoms in total. The van der Waals surface area contributed by atoms with Gasteiger partial charge in [0, 0.05) is 44.1 Å². The van der Waals surface area contributed by atoms with Gasteiger partial charge in [0.2, 0.25) is 0 Å². The largest absolute Gasteiger partial charge is 0.456 e. The Hall–Kier alpha value is -7.42. The Bertz CT molecular complexity index is 3640. The molecule has 0 fully saturated rings. The summed E-state index contributed by atoms with van der Waals surface area (Å²) in [5.74, 6) is 0. The predicted molar refractivity (Wildman–Crippen MR) is 272 cm³/mol. The molecule has 2 heteroatoms. The number of fused-ring (bicyclic) bond motifs is 13. The maximum Gasteiger partial charge on any atom is 0.136 e. The zero-order valence-corrected chi connectivity index (χ0v) is 37.8. The second-order valence-electron chi connectivity index (χ2n) is 20.1. The molecule has 0 radical (unpaired) electrons. The fraction of sp³-hybridized carbons (Fsp3) is 0.143. The molecule has 1 heterocycles. The van der Waals surface area contributed by atoms with Crippen LogP contribution in [-0.4, -0.2) is 0 Å². The van der Waals surface area contributed by atoms with Crippen LogP contribution >= 0.6 is 0 Å². The maximum absolute atomic E-state index is 6.72. The summed E-state index contributed by atoms with van der Waals surface area (Å²) in [5.41, 5.74) is 25.7. The lowest BCUT2D eigenvalue weighted by molar-refractivity contribution is 0.656. The monoisotopic (exact) mass is 835 g/mol. The van der Waals surface area contributed by atoms with Crippen LogP contribution in [0.25, 0.3) is 77.6 Å². The average molecular weight is 836 g/mol. The van der Waals surface area contributed by atoms with Crippen molar-refractivity contribution in [1.82, 2.24) is 0 Å². The Morgan fingerprint density at radius 2 is 0.815 bits per heavy atom. The molecule has 0 N–H and O–H groups in total. The van der Waals surface area contributed by atoms with E-state index >= 15 is 0 Å². The number of hydrogen-bond acceptors (Lipinski definition) is 2. The first kappa shape index (κ1) is 38.1. The van der Waals surface area contributed by atoms with Gasteiger partial charge in [0.15, 0.2) is 0 Å². The second-order valence-corrected chi connectivity index (χ2v) is 20.1. The zero-order valence-electron chi connectivity index (χ0n) is 37.8.